The zero-order valence-electron chi connectivity index (χ0n) is 10.5. The van der Waals surface area contributed by atoms with Gasteiger partial charge in [-0.25, -0.2) is 0 Å². The maximum absolute atomic E-state index is 12.2. The average molecular weight is 304 g/mol. The highest BCUT2D eigenvalue weighted by Crippen LogP contribution is 2.30. The van der Waals surface area contributed by atoms with E-state index >= 15 is 0 Å². The molecule has 4 rings (SSSR count). The third-order valence-corrected chi connectivity index (χ3v) is 5.45. The van der Waals surface area contributed by atoms with Gasteiger partial charge in [0, 0.05) is 28.7 Å². The zero-order valence-corrected chi connectivity index (χ0v) is 12.1. The van der Waals surface area contributed by atoms with Crippen LogP contribution < -0.4 is 10.6 Å². The second kappa shape index (κ2) is 4.69. The molecule has 2 N–H and O–H groups in total. The van der Waals surface area contributed by atoms with E-state index in [0.29, 0.717) is 6.04 Å². The number of anilines is 1. The van der Waals surface area contributed by atoms with Crippen LogP contribution in [0.3, 0.4) is 0 Å². The smallest absolute Gasteiger partial charge is 0.265 e. The number of nitrogens with zero attached hydrogens (tertiary/aromatic N) is 2. The van der Waals surface area contributed by atoms with Crippen LogP contribution >= 0.6 is 22.7 Å². The van der Waals surface area contributed by atoms with Gasteiger partial charge in [0.15, 0.2) is 0 Å². The molecule has 0 aromatic carbocycles. The molecule has 0 radical (unpaired) electrons. The minimum atomic E-state index is -0.0651. The van der Waals surface area contributed by atoms with E-state index < -0.39 is 0 Å². The van der Waals surface area contributed by atoms with Gasteiger partial charge in [0.05, 0.1) is 22.8 Å². The molecule has 0 atom stereocenters. The fraction of sp³-hybridized carbons (Fsp3) is 0.231. The number of rotatable bonds is 3. The predicted octanol–water partition coefficient (Wildman–Crippen LogP) is 2.56. The van der Waals surface area contributed by atoms with Crippen molar-refractivity contribution in [1.29, 1.82) is 0 Å². The van der Waals surface area contributed by atoms with Gasteiger partial charge in [0.25, 0.3) is 5.91 Å². The fourth-order valence-electron chi connectivity index (χ4n) is 2.13. The predicted molar refractivity (Wildman–Crippen MR) is 81.8 cm³/mol. The summed E-state index contributed by atoms with van der Waals surface area (Å²) in [6.07, 6.45) is 3.59. The summed E-state index contributed by atoms with van der Waals surface area (Å²) in [4.78, 5) is 12.9. The Morgan fingerprint density at radius 2 is 2.35 bits per heavy atom. The Balaban J connectivity index is 1.51. The van der Waals surface area contributed by atoms with Crippen molar-refractivity contribution in [2.75, 3.05) is 18.4 Å². The molecule has 5 nitrogen and oxygen atoms in total. The molecule has 7 heteroatoms. The van der Waals surface area contributed by atoms with Gasteiger partial charge in [-0.15, -0.1) is 22.7 Å². The number of aromatic nitrogens is 2. The molecule has 1 aliphatic rings. The van der Waals surface area contributed by atoms with Gasteiger partial charge < -0.3 is 10.6 Å². The quantitative estimate of drug-likeness (QED) is 0.782. The van der Waals surface area contributed by atoms with E-state index in [1.807, 2.05) is 28.4 Å². The Kier molecular flexibility index (Phi) is 2.83. The summed E-state index contributed by atoms with van der Waals surface area (Å²) in [7, 11) is 0. The van der Waals surface area contributed by atoms with Gasteiger partial charge in [0.2, 0.25) is 0 Å². The third-order valence-electron chi connectivity index (χ3n) is 3.36. The van der Waals surface area contributed by atoms with E-state index in [-0.39, 0.29) is 5.91 Å². The second-order valence-corrected chi connectivity index (χ2v) is 6.77. The monoisotopic (exact) mass is 304 g/mol. The standard InChI is InChI=1S/C13H12N4OS2/c18-13(12-3-11-10(20-12)1-2-19-11)16-8-4-15-17(7-8)9-5-14-6-9/h1-4,7,9,14H,5-6H2,(H,16,18). The molecule has 20 heavy (non-hydrogen) atoms. The van der Waals surface area contributed by atoms with E-state index in [1.165, 1.54) is 11.3 Å². The number of thiophene rings is 2. The van der Waals surface area contributed by atoms with Gasteiger partial charge in [-0.3, -0.25) is 9.48 Å². The van der Waals surface area contributed by atoms with Crippen LogP contribution in [0.2, 0.25) is 0 Å². The third kappa shape index (κ3) is 2.04. The van der Waals surface area contributed by atoms with Gasteiger partial charge in [-0.05, 0) is 17.5 Å². The van der Waals surface area contributed by atoms with Crippen molar-refractivity contribution in [3.63, 3.8) is 0 Å². The highest BCUT2D eigenvalue weighted by molar-refractivity contribution is 7.27. The van der Waals surface area contributed by atoms with Crippen molar-refractivity contribution in [3.8, 4) is 0 Å². The van der Waals surface area contributed by atoms with Crippen LogP contribution in [0.25, 0.3) is 9.40 Å². The molecule has 102 valence electrons. The first-order chi connectivity index (χ1) is 9.79. The Labute approximate surface area is 123 Å². The highest BCUT2D eigenvalue weighted by atomic mass is 32.1. The van der Waals surface area contributed by atoms with Gasteiger partial charge in [0.1, 0.15) is 0 Å². The Hall–Kier alpha value is -1.70. The minimum Gasteiger partial charge on any atom is -0.319 e. The van der Waals surface area contributed by atoms with Gasteiger partial charge in [-0.2, -0.15) is 5.10 Å². The number of hydrogen-bond donors (Lipinski definition) is 2. The maximum atomic E-state index is 12.2. The highest BCUT2D eigenvalue weighted by Gasteiger charge is 2.20. The van der Waals surface area contributed by atoms with Crippen molar-refractivity contribution < 1.29 is 4.79 Å². The van der Waals surface area contributed by atoms with E-state index in [4.69, 9.17) is 0 Å². The lowest BCUT2D eigenvalue weighted by atomic mass is 10.2. The number of hydrogen-bond acceptors (Lipinski definition) is 5. The molecule has 0 unspecified atom stereocenters. The molecule has 1 saturated heterocycles. The normalized spacial score (nSPS) is 15.4. The maximum Gasteiger partial charge on any atom is 0.265 e. The number of amides is 1. The average Bonchev–Trinajstić information content (AvgIpc) is 3.00. The Bertz CT molecular complexity index is 740. The van der Waals surface area contributed by atoms with Crippen LogP contribution in [0.4, 0.5) is 5.69 Å². The molecule has 1 amide bonds. The molecule has 1 aliphatic heterocycles. The summed E-state index contributed by atoms with van der Waals surface area (Å²) >= 11 is 3.18. The lowest BCUT2D eigenvalue weighted by molar-refractivity contribution is 0.103. The first kappa shape index (κ1) is 12.1. The molecule has 0 spiro atoms. The first-order valence-electron chi connectivity index (χ1n) is 6.33. The van der Waals surface area contributed by atoms with Gasteiger partial charge >= 0.3 is 0 Å². The Morgan fingerprint density at radius 3 is 3.10 bits per heavy atom. The van der Waals surface area contributed by atoms with Crippen LogP contribution in [0, 0.1) is 0 Å². The molecule has 0 saturated carbocycles. The summed E-state index contributed by atoms with van der Waals surface area (Å²) in [6, 6.07) is 4.40. The first-order valence-corrected chi connectivity index (χ1v) is 8.02. The number of fused-ring (bicyclic) bond motifs is 1. The molecule has 0 bridgehead atoms. The number of carbonyl (C=O) groups excluding carboxylic acids is 1. The molecular formula is C13H12N4OS2. The molecule has 0 aliphatic carbocycles. The van der Waals surface area contributed by atoms with Crippen LogP contribution in [0.5, 0.6) is 0 Å². The van der Waals surface area contributed by atoms with Crippen LogP contribution in [0.15, 0.2) is 29.9 Å². The fourth-order valence-corrected chi connectivity index (χ4v) is 4.14. The summed E-state index contributed by atoms with van der Waals surface area (Å²) in [6.45, 7) is 1.88. The topological polar surface area (TPSA) is 59.0 Å². The van der Waals surface area contributed by atoms with E-state index in [0.717, 1.165) is 33.1 Å². The van der Waals surface area contributed by atoms with Crippen LogP contribution in [-0.4, -0.2) is 28.8 Å². The zero-order chi connectivity index (χ0) is 13.5. The largest absolute Gasteiger partial charge is 0.319 e. The summed E-state index contributed by atoms with van der Waals surface area (Å²) in [5.74, 6) is -0.0651. The van der Waals surface area contributed by atoms with Gasteiger partial charge in [-0.1, -0.05) is 0 Å². The molecule has 4 heterocycles. The van der Waals surface area contributed by atoms with Crippen molar-refractivity contribution in [3.05, 3.63) is 34.8 Å². The van der Waals surface area contributed by atoms with Crippen molar-refractivity contribution in [1.82, 2.24) is 15.1 Å². The number of carbonyl (C=O) groups is 1. The SMILES string of the molecule is O=C(Nc1cnn(C2CNC2)c1)c1cc2sccc2s1. The van der Waals surface area contributed by atoms with Crippen molar-refractivity contribution >= 4 is 43.7 Å². The summed E-state index contributed by atoms with van der Waals surface area (Å²) in [5.41, 5.74) is 0.749. The van der Waals surface area contributed by atoms with Crippen molar-refractivity contribution in [2.45, 2.75) is 6.04 Å². The van der Waals surface area contributed by atoms with Crippen LogP contribution in [-0.2, 0) is 0 Å². The minimum absolute atomic E-state index is 0.0651. The summed E-state index contributed by atoms with van der Waals surface area (Å²) in [5, 5.41) is 12.4. The molecule has 3 aromatic heterocycles. The summed E-state index contributed by atoms with van der Waals surface area (Å²) < 4.78 is 4.23. The van der Waals surface area contributed by atoms with Crippen LogP contribution in [0.1, 0.15) is 15.7 Å². The van der Waals surface area contributed by atoms with E-state index in [1.54, 1.807) is 17.5 Å². The van der Waals surface area contributed by atoms with E-state index in [2.05, 4.69) is 15.7 Å². The molecule has 1 fully saturated rings. The lowest BCUT2D eigenvalue weighted by Crippen LogP contribution is -2.43. The lowest BCUT2D eigenvalue weighted by Gasteiger charge is -2.27. The van der Waals surface area contributed by atoms with E-state index in [9.17, 15) is 4.79 Å². The second-order valence-electron chi connectivity index (χ2n) is 4.73. The Morgan fingerprint density at radius 1 is 1.45 bits per heavy atom. The van der Waals surface area contributed by atoms with Crippen molar-refractivity contribution in [2.24, 2.45) is 0 Å². The molecular weight excluding hydrogens is 292 g/mol. The molecule has 3 aromatic rings. The number of nitrogens with one attached hydrogen (secondary N) is 2.